The van der Waals surface area contributed by atoms with Crippen molar-refractivity contribution in [2.24, 2.45) is 5.73 Å². The van der Waals surface area contributed by atoms with E-state index >= 15 is 0 Å². The predicted octanol–water partition coefficient (Wildman–Crippen LogP) is 2.41. The smallest absolute Gasteiger partial charge is 0.134 e. The molecule has 0 aliphatic heterocycles. The van der Waals surface area contributed by atoms with Crippen molar-refractivity contribution in [1.29, 1.82) is 0 Å². The summed E-state index contributed by atoms with van der Waals surface area (Å²) in [5.41, 5.74) is 7.41. The number of nitrogens with two attached hydrogens (primary N) is 1. The Morgan fingerprint density at radius 1 is 1.17 bits per heavy atom. The Morgan fingerprint density at radius 3 is 2.72 bits per heavy atom. The third-order valence-electron chi connectivity index (χ3n) is 2.74. The van der Waals surface area contributed by atoms with E-state index < -0.39 is 6.04 Å². The lowest BCUT2D eigenvalue weighted by Gasteiger charge is -2.06. The van der Waals surface area contributed by atoms with Gasteiger partial charge in [0.2, 0.25) is 0 Å². The number of fused-ring (bicyclic) bond motifs is 1. The van der Waals surface area contributed by atoms with E-state index in [1.54, 1.807) is 24.5 Å². The molecule has 1 unspecified atom stereocenters. The van der Waals surface area contributed by atoms with Gasteiger partial charge in [0.05, 0.1) is 6.04 Å². The summed E-state index contributed by atoms with van der Waals surface area (Å²) in [6.07, 6.45) is 4.70. The van der Waals surface area contributed by atoms with E-state index in [1.807, 2.05) is 0 Å². The van der Waals surface area contributed by atoms with Crippen LogP contribution in [0.25, 0.3) is 11.0 Å². The highest BCUT2D eigenvalue weighted by Crippen LogP contribution is 2.26. The number of rotatable bonds is 2. The highest BCUT2D eigenvalue weighted by molar-refractivity contribution is 5.78. The first kappa shape index (κ1) is 10.9. The fourth-order valence-electron chi connectivity index (χ4n) is 1.82. The Balaban J connectivity index is 2.04. The molecule has 3 aromatic rings. The zero-order valence-corrected chi connectivity index (χ0v) is 9.38. The first-order valence-electron chi connectivity index (χ1n) is 5.43. The minimum atomic E-state index is -0.457. The second-order valence-corrected chi connectivity index (χ2v) is 3.98. The van der Waals surface area contributed by atoms with Gasteiger partial charge < -0.3 is 10.2 Å². The van der Waals surface area contributed by atoms with Crippen molar-refractivity contribution in [2.75, 3.05) is 0 Å². The Kier molecular flexibility index (Phi) is 2.53. The third-order valence-corrected chi connectivity index (χ3v) is 2.74. The summed E-state index contributed by atoms with van der Waals surface area (Å²) < 4.78 is 18.7. The Bertz CT molecular complexity index is 681. The first-order chi connectivity index (χ1) is 8.74. The van der Waals surface area contributed by atoms with Crippen LogP contribution in [0.3, 0.4) is 0 Å². The van der Waals surface area contributed by atoms with Crippen molar-refractivity contribution >= 4 is 11.0 Å². The molecule has 4 nitrogen and oxygen atoms in total. The Hall–Kier alpha value is -2.27. The van der Waals surface area contributed by atoms with Crippen LogP contribution in [0.4, 0.5) is 4.39 Å². The minimum Gasteiger partial charge on any atom is -0.459 e. The highest BCUT2D eigenvalue weighted by atomic mass is 19.1. The van der Waals surface area contributed by atoms with Gasteiger partial charge >= 0.3 is 0 Å². The predicted molar refractivity (Wildman–Crippen MR) is 64.2 cm³/mol. The molecule has 0 aliphatic carbocycles. The summed E-state index contributed by atoms with van der Waals surface area (Å²) in [7, 11) is 0. The molecule has 0 bridgehead atoms. The summed E-state index contributed by atoms with van der Waals surface area (Å²) in [4.78, 5) is 7.81. The van der Waals surface area contributed by atoms with Crippen LogP contribution in [-0.4, -0.2) is 9.97 Å². The topological polar surface area (TPSA) is 64.9 Å². The summed E-state index contributed by atoms with van der Waals surface area (Å²) >= 11 is 0. The molecule has 5 heteroatoms. The van der Waals surface area contributed by atoms with Crippen molar-refractivity contribution in [2.45, 2.75) is 6.04 Å². The van der Waals surface area contributed by atoms with Gasteiger partial charge in [-0.1, -0.05) is 0 Å². The molecule has 2 heterocycles. The number of hydrogen-bond donors (Lipinski definition) is 1. The second-order valence-electron chi connectivity index (χ2n) is 3.98. The minimum absolute atomic E-state index is 0.300. The first-order valence-corrected chi connectivity index (χ1v) is 5.43. The van der Waals surface area contributed by atoms with Gasteiger partial charge in [-0.15, -0.1) is 0 Å². The lowest BCUT2D eigenvalue weighted by Crippen LogP contribution is -2.11. The monoisotopic (exact) mass is 243 g/mol. The maximum Gasteiger partial charge on any atom is 0.134 e. The van der Waals surface area contributed by atoms with E-state index in [9.17, 15) is 4.39 Å². The molecule has 90 valence electrons. The molecule has 2 aromatic heterocycles. The standard InChI is InChI=1S/C13H10FN3O/c14-10-1-2-11-8(3-10)4-12(18-11)13(15)9-5-16-7-17-6-9/h1-7,13H,15H2. The molecule has 1 aromatic carbocycles. The lowest BCUT2D eigenvalue weighted by atomic mass is 10.1. The highest BCUT2D eigenvalue weighted by Gasteiger charge is 2.14. The zero-order chi connectivity index (χ0) is 12.5. The van der Waals surface area contributed by atoms with Crippen molar-refractivity contribution in [3.63, 3.8) is 0 Å². The maximum atomic E-state index is 13.1. The largest absolute Gasteiger partial charge is 0.459 e. The molecular formula is C13H10FN3O. The van der Waals surface area contributed by atoms with Crippen LogP contribution in [0.1, 0.15) is 17.4 Å². The molecule has 0 saturated heterocycles. The number of halogens is 1. The normalized spacial score (nSPS) is 12.8. The van der Waals surface area contributed by atoms with Gasteiger partial charge in [0, 0.05) is 23.3 Å². The van der Waals surface area contributed by atoms with E-state index in [2.05, 4.69) is 9.97 Å². The Labute approximate surface area is 102 Å². The summed E-state index contributed by atoms with van der Waals surface area (Å²) in [6.45, 7) is 0. The van der Waals surface area contributed by atoms with E-state index in [0.717, 1.165) is 5.56 Å². The van der Waals surface area contributed by atoms with E-state index in [-0.39, 0.29) is 5.82 Å². The summed E-state index contributed by atoms with van der Waals surface area (Å²) in [5.74, 6) is 0.261. The molecule has 0 saturated carbocycles. The fourth-order valence-corrected chi connectivity index (χ4v) is 1.82. The molecule has 2 N–H and O–H groups in total. The van der Waals surface area contributed by atoms with Gasteiger partial charge in [0.1, 0.15) is 23.5 Å². The SMILES string of the molecule is NC(c1cncnc1)c1cc2cc(F)ccc2o1. The molecule has 18 heavy (non-hydrogen) atoms. The molecule has 1 atom stereocenters. The molecule has 0 fully saturated rings. The molecule has 0 radical (unpaired) electrons. The molecule has 0 spiro atoms. The average molecular weight is 243 g/mol. The summed E-state index contributed by atoms with van der Waals surface area (Å²) in [6, 6.07) is 5.63. The van der Waals surface area contributed by atoms with Gasteiger partial charge in [-0.3, -0.25) is 0 Å². The van der Waals surface area contributed by atoms with Crippen LogP contribution >= 0.6 is 0 Å². The molecular weight excluding hydrogens is 233 g/mol. The zero-order valence-electron chi connectivity index (χ0n) is 9.38. The molecule has 3 rings (SSSR count). The van der Waals surface area contributed by atoms with E-state index in [1.165, 1.54) is 18.5 Å². The Morgan fingerprint density at radius 2 is 1.94 bits per heavy atom. The van der Waals surface area contributed by atoms with Gasteiger partial charge in [-0.25, -0.2) is 14.4 Å². The van der Waals surface area contributed by atoms with Gasteiger partial charge in [-0.05, 0) is 24.3 Å². The quantitative estimate of drug-likeness (QED) is 0.750. The van der Waals surface area contributed by atoms with E-state index in [4.69, 9.17) is 10.2 Å². The van der Waals surface area contributed by atoms with Crippen LogP contribution in [0.5, 0.6) is 0 Å². The van der Waals surface area contributed by atoms with Crippen LogP contribution in [0.2, 0.25) is 0 Å². The van der Waals surface area contributed by atoms with Crippen LogP contribution in [0.15, 0.2) is 47.4 Å². The number of aromatic nitrogens is 2. The van der Waals surface area contributed by atoms with Crippen molar-refractivity contribution in [3.8, 4) is 0 Å². The molecule has 0 amide bonds. The molecule has 0 aliphatic rings. The van der Waals surface area contributed by atoms with Crippen molar-refractivity contribution in [1.82, 2.24) is 9.97 Å². The van der Waals surface area contributed by atoms with Gasteiger partial charge in [0.15, 0.2) is 0 Å². The third kappa shape index (κ3) is 1.84. The van der Waals surface area contributed by atoms with Crippen molar-refractivity contribution < 1.29 is 8.81 Å². The van der Waals surface area contributed by atoms with Crippen LogP contribution in [-0.2, 0) is 0 Å². The van der Waals surface area contributed by atoms with Crippen molar-refractivity contribution in [3.05, 3.63) is 60.1 Å². The summed E-state index contributed by atoms with van der Waals surface area (Å²) in [5, 5.41) is 0.692. The number of furan rings is 1. The number of nitrogens with zero attached hydrogens (tertiary/aromatic N) is 2. The van der Waals surface area contributed by atoms with Gasteiger partial charge in [-0.2, -0.15) is 0 Å². The van der Waals surface area contributed by atoms with Crippen LogP contribution < -0.4 is 5.73 Å². The van der Waals surface area contributed by atoms with E-state index in [0.29, 0.717) is 16.7 Å². The van der Waals surface area contributed by atoms with Gasteiger partial charge in [0.25, 0.3) is 0 Å². The second kappa shape index (κ2) is 4.19. The average Bonchev–Trinajstić information content (AvgIpc) is 2.81. The van der Waals surface area contributed by atoms with Crippen LogP contribution in [0, 0.1) is 5.82 Å². The number of hydrogen-bond acceptors (Lipinski definition) is 4. The maximum absolute atomic E-state index is 13.1. The fraction of sp³-hybridized carbons (Fsp3) is 0.0769. The number of benzene rings is 1. The lowest BCUT2D eigenvalue weighted by molar-refractivity contribution is 0.523.